The summed E-state index contributed by atoms with van der Waals surface area (Å²) in [6.07, 6.45) is 1.47. The highest BCUT2D eigenvalue weighted by atomic mass is 32.2. The molecule has 6 nitrogen and oxygen atoms in total. The van der Waals surface area contributed by atoms with E-state index in [2.05, 4.69) is 15.0 Å². The Bertz CT molecular complexity index is 723. The summed E-state index contributed by atoms with van der Waals surface area (Å²) in [6.45, 7) is 2.46. The molecule has 0 aliphatic heterocycles. The molecule has 114 valence electrons. The van der Waals surface area contributed by atoms with Crippen molar-refractivity contribution in [1.29, 1.82) is 0 Å². The second-order valence-electron chi connectivity index (χ2n) is 4.70. The summed E-state index contributed by atoms with van der Waals surface area (Å²) in [6, 6.07) is 6.92. The first kappa shape index (κ1) is 15.4. The molecule has 7 heteroatoms. The van der Waals surface area contributed by atoms with Gasteiger partial charge in [0.25, 0.3) is 10.0 Å². The van der Waals surface area contributed by atoms with Crippen LogP contribution < -0.4 is 14.8 Å². The number of hydrogen-bond donors (Lipinski definition) is 3. The number of nitrogens with one attached hydrogen (secondary N) is 3. The van der Waals surface area contributed by atoms with Crippen molar-refractivity contribution in [2.75, 3.05) is 18.9 Å². The molecule has 0 aliphatic rings. The first-order chi connectivity index (χ1) is 9.96. The summed E-state index contributed by atoms with van der Waals surface area (Å²) in [5.74, 6) is 0.482. The number of rotatable bonds is 6. The Labute approximate surface area is 124 Å². The number of sulfonamides is 1. The van der Waals surface area contributed by atoms with E-state index in [0.717, 1.165) is 11.3 Å². The van der Waals surface area contributed by atoms with Crippen LogP contribution in [-0.2, 0) is 16.6 Å². The van der Waals surface area contributed by atoms with Crippen LogP contribution in [0.3, 0.4) is 0 Å². The Hall–Kier alpha value is -1.99. The van der Waals surface area contributed by atoms with Crippen molar-refractivity contribution < 1.29 is 13.2 Å². The van der Waals surface area contributed by atoms with Gasteiger partial charge in [-0.2, -0.15) is 0 Å². The van der Waals surface area contributed by atoms with E-state index in [1.807, 2.05) is 13.0 Å². The van der Waals surface area contributed by atoms with Crippen molar-refractivity contribution >= 4 is 15.7 Å². The van der Waals surface area contributed by atoms with Gasteiger partial charge in [0.15, 0.2) is 0 Å². The molecule has 1 aromatic heterocycles. The number of ether oxygens (including phenoxy) is 1. The maximum atomic E-state index is 12.4. The summed E-state index contributed by atoms with van der Waals surface area (Å²) < 4.78 is 32.5. The maximum Gasteiger partial charge on any atom is 0.263 e. The highest BCUT2D eigenvalue weighted by Gasteiger charge is 2.18. The van der Waals surface area contributed by atoms with E-state index >= 15 is 0 Å². The van der Waals surface area contributed by atoms with Crippen LogP contribution in [0.25, 0.3) is 0 Å². The Morgan fingerprint density at radius 3 is 2.71 bits per heavy atom. The molecule has 0 amide bonds. The minimum atomic E-state index is -3.65. The lowest BCUT2D eigenvalue weighted by atomic mass is 10.2. The fourth-order valence-corrected chi connectivity index (χ4v) is 3.05. The number of benzene rings is 1. The van der Waals surface area contributed by atoms with Gasteiger partial charge in [0.2, 0.25) is 0 Å². The third-order valence-corrected chi connectivity index (χ3v) is 4.34. The monoisotopic (exact) mass is 309 g/mol. The second kappa shape index (κ2) is 6.19. The van der Waals surface area contributed by atoms with Crippen molar-refractivity contribution in [1.82, 2.24) is 10.3 Å². The predicted octanol–water partition coefficient (Wildman–Crippen LogP) is 1.85. The van der Waals surface area contributed by atoms with Crippen LogP contribution in [0.5, 0.6) is 5.75 Å². The van der Waals surface area contributed by atoms with Crippen LogP contribution in [0.2, 0.25) is 0 Å². The molecule has 0 bridgehead atoms. The van der Waals surface area contributed by atoms with Crippen LogP contribution in [0, 0.1) is 6.92 Å². The molecule has 3 N–H and O–H groups in total. The molecule has 0 unspecified atom stereocenters. The van der Waals surface area contributed by atoms with Crippen LogP contribution in [-0.4, -0.2) is 27.6 Å². The smallest absolute Gasteiger partial charge is 0.263 e. The van der Waals surface area contributed by atoms with E-state index < -0.39 is 10.0 Å². The fourth-order valence-electron chi connectivity index (χ4n) is 1.97. The first-order valence-electron chi connectivity index (χ1n) is 6.45. The highest BCUT2D eigenvalue weighted by molar-refractivity contribution is 7.92. The summed E-state index contributed by atoms with van der Waals surface area (Å²) in [5, 5.41) is 2.96. The van der Waals surface area contributed by atoms with Crippen LogP contribution in [0.15, 0.2) is 35.4 Å². The number of hydrogen-bond acceptors (Lipinski definition) is 4. The number of H-pyrrole nitrogens is 1. The van der Waals surface area contributed by atoms with Crippen LogP contribution in [0.1, 0.15) is 11.3 Å². The number of anilines is 1. The third kappa shape index (κ3) is 3.56. The van der Waals surface area contributed by atoms with Crippen molar-refractivity contribution in [3.8, 4) is 5.75 Å². The van der Waals surface area contributed by atoms with Gasteiger partial charge in [-0.25, -0.2) is 8.42 Å². The van der Waals surface area contributed by atoms with E-state index in [1.54, 1.807) is 25.2 Å². The third-order valence-electron chi connectivity index (χ3n) is 2.99. The van der Waals surface area contributed by atoms with Crippen molar-refractivity contribution in [2.45, 2.75) is 18.4 Å². The normalized spacial score (nSPS) is 11.4. The van der Waals surface area contributed by atoms with E-state index in [-0.39, 0.29) is 4.90 Å². The zero-order chi connectivity index (χ0) is 15.5. The Morgan fingerprint density at radius 2 is 2.05 bits per heavy atom. The van der Waals surface area contributed by atoms with Crippen molar-refractivity contribution in [2.24, 2.45) is 0 Å². The minimum Gasteiger partial charge on any atom is -0.495 e. The van der Waals surface area contributed by atoms with Gasteiger partial charge in [-0.05, 0) is 37.7 Å². The molecule has 0 saturated heterocycles. The Kier molecular flexibility index (Phi) is 4.54. The average Bonchev–Trinajstić information content (AvgIpc) is 2.88. The highest BCUT2D eigenvalue weighted by Crippen LogP contribution is 2.27. The number of aromatic amines is 1. The van der Waals surface area contributed by atoms with Crippen LogP contribution in [0.4, 0.5) is 5.69 Å². The molecular formula is C14H19N3O3S. The Morgan fingerprint density at radius 1 is 1.29 bits per heavy atom. The van der Waals surface area contributed by atoms with Gasteiger partial charge in [-0.15, -0.1) is 0 Å². The largest absolute Gasteiger partial charge is 0.495 e. The van der Waals surface area contributed by atoms with Gasteiger partial charge in [0, 0.05) is 18.4 Å². The molecule has 0 radical (unpaired) electrons. The summed E-state index contributed by atoms with van der Waals surface area (Å²) in [4.78, 5) is 3.12. The number of aryl methyl sites for hydroxylation is 1. The summed E-state index contributed by atoms with van der Waals surface area (Å²) in [7, 11) is -0.349. The molecule has 1 aromatic carbocycles. The first-order valence-corrected chi connectivity index (χ1v) is 7.94. The zero-order valence-electron chi connectivity index (χ0n) is 12.2. The van der Waals surface area contributed by atoms with Gasteiger partial charge in [0.05, 0.1) is 12.8 Å². The van der Waals surface area contributed by atoms with E-state index in [1.165, 1.54) is 13.3 Å². The Balaban J connectivity index is 2.30. The summed E-state index contributed by atoms with van der Waals surface area (Å²) in [5.41, 5.74) is 2.17. The molecule has 0 spiro atoms. The molecule has 0 aliphatic carbocycles. The van der Waals surface area contributed by atoms with E-state index in [9.17, 15) is 8.42 Å². The molecule has 0 atom stereocenters. The van der Waals surface area contributed by atoms with Gasteiger partial charge < -0.3 is 15.0 Å². The van der Waals surface area contributed by atoms with Gasteiger partial charge in [-0.1, -0.05) is 6.07 Å². The topological polar surface area (TPSA) is 83.2 Å². The predicted molar refractivity (Wildman–Crippen MR) is 82.1 cm³/mol. The number of aromatic nitrogens is 1. The molecule has 1 heterocycles. The minimum absolute atomic E-state index is 0.191. The van der Waals surface area contributed by atoms with Crippen LogP contribution >= 0.6 is 0 Å². The summed E-state index contributed by atoms with van der Waals surface area (Å²) >= 11 is 0. The lowest BCUT2D eigenvalue weighted by molar-refractivity contribution is 0.417. The lowest BCUT2D eigenvalue weighted by Gasteiger charge is -2.11. The zero-order valence-corrected chi connectivity index (χ0v) is 13.0. The maximum absolute atomic E-state index is 12.4. The van der Waals surface area contributed by atoms with Gasteiger partial charge in [-0.3, -0.25) is 4.72 Å². The number of methoxy groups -OCH3 is 1. The standard InChI is InChI=1S/C14H19N3O3S/c1-10-4-5-14(20-3)13(6-10)17-21(18,19)12-7-11(8-15-2)16-9-12/h4-7,9,15-17H,8H2,1-3H3. The van der Waals surface area contributed by atoms with Gasteiger partial charge >= 0.3 is 0 Å². The second-order valence-corrected chi connectivity index (χ2v) is 6.38. The SMILES string of the molecule is CNCc1cc(S(=O)(=O)Nc2cc(C)ccc2OC)c[nH]1. The molecule has 2 rings (SSSR count). The molecule has 0 fully saturated rings. The molecule has 0 saturated carbocycles. The van der Waals surface area contributed by atoms with Crippen molar-refractivity contribution in [3.63, 3.8) is 0 Å². The average molecular weight is 309 g/mol. The molecule has 21 heavy (non-hydrogen) atoms. The molecular weight excluding hydrogens is 290 g/mol. The lowest BCUT2D eigenvalue weighted by Crippen LogP contribution is -2.13. The quantitative estimate of drug-likeness (QED) is 0.760. The fraction of sp³-hybridized carbons (Fsp3) is 0.286. The van der Waals surface area contributed by atoms with Gasteiger partial charge in [0.1, 0.15) is 10.6 Å². The molecule has 2 aromatic rings. The van der Waals surface area contributed by atoms with Crippen molar-refractivity contribution in [3.05, 3.63) is 41.7 Å². The van der Waals surface area contributed by atoms with E-state index in [0.29, 0.717) is 18.0 Å². The van der Waals surface area contributed by atoms with E-state index in [4.69, 9.17) is 4.74 Å².